The standard InChI is InChI=1S/C23H24INO7/c1-4-13(26)17-20(29)18(25(2)3)11-8-9-7-10-12(24)5-6-14(27)16(10)19(28)15(9)21(30)23(11,32)22(17)31/h5-6,9,11,18,27-28,31-32H,4,7-8H2,1-3H3/t9-,11-,18-,23-/m0/s1. The Morgan fingerprint density at radius 1 is 1.22 bits per heavy atom. The second-order valence-electron chi connectivity index (χ2n) is 8.79. The van der Waals surface area contributed by atoms with Gasteiger partial charge in [0.2, 0.25) is 5.78 Å². The molecule has 8 nitrogen and oxygen atoms in total. The predicted octanol–water partition coefficient (Wildman–Crippen LogP) is 2.06. The number of halogens is 1. The lowest BCUT2D eigenvalue weighted by Crippen LogP contribution is -2.65. The first-order chi connectivity index (χ1) is 15.0. The van der Waals surface area contributed by atoms with Gasteiger partial charge in [0.15, 0.2) is 17.2 Å². The number of aromatic hydroxyl groups is 1. The number of aliphatic hydroxyl groups excluding tert-OH is 2. The first-order valence-electron chi connectivity index (χ1n) is 10.3. The van der Waals surface area contributed by atoms with Gasteiger partial charge >= 0.3 is 0 Å². The zero-order valence-corrected chi connectivity index (χ0v) is 20.0. The van der Waals surface area contributed by atoms with Crippen molar-refractivity contribution in [1.82, 2.24) is 4.90 Å². The lowest BCUT2D eigenvalue weighted by Gasteiger charge is -2.50. The molecule has 0 aromatic heterocycles. The number of carbonyl (C=O) groups excluding carboxylic acids is 3. The highest BCUT2D eigenvalue weighted by atomic mass is 127. The van der Waals surface area contributed by atoms with Crippen LogP contribution >= 0.6 is 22.6 Å². The Kier molecular flexibility index (Phi) is 5.50. The molecule has 0 radical (unpaired) electrons. The largest absolute Gasteiger partial charge is 0.508 e. The van der Waals surface area contributed by atoms with Crippen LogP contribution < -0.4 is 0 Å². The maximum absolute atomic E-state index is 13.7. The summed E-state index contributed by atoms with van der Waals surface area (Å²) < 4.78 is 0.803. The summed E-state index contributed by atoms with van der Waals surface area (Å²) in [5, 5.41) is 43.9. The van der Waals surface area contributed by atoms with Gasteiger partial charge in [-0.3, -0.25) is 19.3 Å². The molecule has 3 aliphatic rings. The van der Waals surface area contributed by atoms with E-state index in [-0.39, 0.29) is 29.7 Å². The molecule has 4 rings (SSSR count). The van der Waals surface area contributed by atoms with Crippen LogP contribution in [0.25, 0.3) is 5.76 Å². The van der Waals surface area contributed by atoms with Crippen molar-refractivity contribution in [1.29, 1.82) is 0 Å². The van der Waals surface area contributed by atoms with Crippen molar-refractivity contribution in [3.8, 4) is 5.75 Å². The Morgan fingerprint density at radius 3 is 2.47 bits per heavy atom. The van der Waals surface area contributed by atoms with Crippen LogP contribution in [0, 0.1) is 15.4 Å². The van der Waals surface area contributed by atoms with E-state index in [1.165, 1.54) is 13.0 Å². The Bertz CT molecular complexity index is 1140. The van der Waals surface area contributed by atoms with Gasteiger partial charge < -0.3 is 20.4 Å². The molecule has 0 bridgehead atoms. The highest BCUT2D eigenvalue weighted by molar-refractivity contribution is 14.1. The van der Waals surface area contributed by atoms with E-state index in [1.807, 2.05) is 0 Å². The zero-order valence-electron chi connectivity index (χ0n) is 17.8. The highest BCUT2D eigenvalue weighted by Crippen LogP contribution is 2.53. The second-order valence-corrected chi connectivity index (χ2v) is 9.96. The number of likely N-dealkylation sites (N-methyl/N-ethyl adjacent to an activating group) is 1. The van der Waals surface area contributed by atoms with Gasteiger partial charge in [-0.15, -0.1) is 0 Å². The Hall–Kier alpha value is -2.24. The minimum absolute atomic E-state index is 0.0868. The molecule has 0 heterocycles. The third kappa shape index (κ3) is 2.90. The number of hydrogen-bond donors (Lipinski definition) is 4. The minimum atomic E-state index is -2.53. The van der Waals surface area contributed by atoms with Gasteiger partial charge in [-0.25, -0.2) is 0 Å². The fourth-order valence-electron chi connectivity index (χ4n) is 5.41. The highest BCUT2D eigenvalue weighted by Gasteiger charge is 2.64. The van der Waals surface area contributed by atoms with Gasteiger partial charge in [0.05, 0.1) is 11.6 Å². The number of hydrogen-bond acceptors (Lipinski definition) is 8. The van der Waals surface area contributed by atoms with E-state index in [4.69, 9.17) is 0 Å². The average molecular weight is 553 g/mol. The van der Waals surface area contributed by atoms with Gasteiger partial charge in [0.1, 0.15) is 22.8 Å². The molecule has 0 unspecified atom stereocenters. The fraction of sp³-hybridized carbons (Fsp3) is 0.435. The molecule has 1 fully saturated rings. The van der Waals surface area contributed by atoms with E-state index in [9.17, 15) is 34.8 Å². The molecular formula is C23H24INO7. The van der Waals surface area contributed by atoms with Crippen molar-refractivity contribution in [3.63, 3.8) is 0 Å². The number of phenolic OH excluding ortho intramolecular Hbond substituents is 1. The molecule has 4 N–H and O–H groups in total. The van der Waals surface area contributed by atoms with Crippen LogP contribution in [0.4, 0.5) is 0 Å². The molecule has 1 aromatic rings. The number of ketones is 3. The van der Waals surface area contributed by atoms with Crippen LogP contribution in [0.3, 0.4) is 0 Å². The van der Waals surface area contributed by atoms with E-state index < -0.39 is 57.9 Å². The summed E-state index contributed by atoms with van der Waals surface area (Å²) in [6, 6.07) is 2.12. The van der Waals surface area contributed by atoms with Crippen molar-refractivity contribution in [2.75, 3.05) is 14.1 Å². The van der Waals surface area contributed by atoms with Gasteiger partial charge in [-0.2, -0.15) is 0 Å². The molecule has 9 heteroatoms. The average Bonchev–Trinajstić information content (AvgIpc) is 2.73. The molecule has 0 aliphatic heterocycles. The van der Waals surface area contributed by atoms with Crippen LogP contribution in [0.15, 0.2) is 29.0 Å². The number of nitrogens with zero attached hydrogens (tertiary/aromatic N) is 1. The van der Waals surface area contributed by atoms with Crippen LogP contribution in [0.2, 0.25) is 0 Å². The number of Topliss-reactive ketones (excluding diaryl/α,β-unsaturated/α-hetero) is 3. The lowest BCUT2D eigenvalue weighted by molar-refractivity contribution is -0.153. The van der Waals surface area contributed by atoms with E-state index in [0.717, 1.165) is 3.57 Å². The van der Waals surface area contributed by atoms with Crippen LogP contribution in [-0.2, 0) is 20.8 Å². The molecule has 3 aliphatic carbocycles. The summed E-state index contributed by atoms with van der Waals surface area (Å²) in [4.78, 5) is 40.9. The van der Waals surface area contributed by atoms with Crippen LogP contribution in [0.5, 0.6) is 5.75 Å². The summed E-state index contributed by atoms with van der Waals surface area (Å²) in [6.45, 7) is 1.52. The number of carbonyl (C=O) groups is 3. The molecule has 4 atom stereocenters. The number of phenols is 1. The first kappa shape index (κ1) is 22.9. The van der Waals surface area contributed by atoms with Crippen molar-refractivity contribution in [3.05, 3.63) is 43.7 Å². The van der Waals surface area contributed by atoms with Gasteiger partial charge in [0.25, 0.3) is 0 Å². The monoisotopic (exact) mass is 553 g/mol. The van der Waals surface area contributed by atoms with Gasteiger partial charge in [-0.1, -0.05) is 6.92 Å². The third-order valence-electron chi connectivity index (χ3n) is 6.90. The van der Waals surface area contributed by atoms with E-state index in [1.54, 1.807) is 25.1 Å². The summed E-state index contributed by atoms with van der Waals surface area (Å²) >= 11 is 2.09. The van der Waals surface area contributed by atoms with Crippen LogP contribution in [-0.4, -0.2) is 68.4 Å². The summed E-state index contributed by atoms with van der Waals surface area (Å²) in [5.74, 6) is -5.36. The maximum Gasteiger partial charge on any atom is 0.202 e. The van der Waals surface area contributed by atoms with Gasteiger partial charge in [0, 0.05) is 21.5 Å². The molecule has 32 heavy (non-hydrogen) atoms. The first-order valence-corrected chi connectivity index (χ1v) is 11.4. The second kappa shape index (κ2) is 7.67. The summed E-state index contributed by atoms with van der Waals surface area (Å²) in [6.07, 6.45) is 0.356. The molecule has 0 amide bonds. The van der Waals surface area contributed by atoms with E-state index in [2.05, 4.69) is 22.6 Å². The number of aliphatic hydroxyl groups is 3. The lowest BCUT2D eigenvalue weighted by atomic mass is 9.57. The number of benzene rings is 1. The topological polar surface area (TPSA) is 135 Å². The van der Waals surface area contributed by atoms with E-state index >= 15 is 0 Å². The third-order valence-corrected chi connectivity index (χ3v) is 7.91. The number of fused-ring (bicyclic) bond motifs is 3. The SMILES string of the molecule is CCC(=O)C1=C(O)[C@@]2(O)C(=O)C3=C(O)c4c(O)ccc(I)c4C[C@H]3C[C@H]2[C@H](N(C)C)C1=O. The van der Waals surface area contributed by atoms with Crippen molar-refractivity contribution in [2.24, 2.45) is 11.8 Å². The molecule has 0 spiro atoms. The Morgan fingerprint density at radius 2 is 1.88 bits per heavy atom. The van der Waals surface area contributed by atoms with Crippen LogP contribution in [0.1, 0.15) is 30.9 Å². The molecule has 1 saturated carbocycles. The smallest absolute Gasteiger partial charge is 0.202 e. The molecule has 0 saturated heterocycles. The molecule has 170 valence electrons. The minimum Gasteiger partial charge on any atom is -0.508 e. The van der Waals surface area contributed by atoms with Crippen molar-refractivity contribution >= 4 is 45.7 Å². The fourth-order valence-corrected chi connectivity index (χ4v) is 6.08. The molecular weight excluding hydrogens is 529 g/mol. The molecule has 1 aromatic carbocycles. The van der Waals surface area contributed by atoms with Crippen molar-refractivity contribution < 1.29 is 34.8 Å². The van der Waals surface area contributed by atoms with Gasteiger partial charge in [-0.05, 0) is 73.1 Å². The summed E-state index contributed by atoms with van der Waals surface area (Å²) in [5.41, 5.74) is -2.39. The van der Waals surface area contributed by atoms with Crippen molar-refractivity contribution in [2.45, 2.75) is 37.8 Å². The zero-order chi connectivity index (χ0) is 23.7. The summed E-state index contributed by atoms with van der Waals surface area (Å²) in [7, 11) is 3.23. The predicted molar refractivity (Wildman–Crippen MR) is 123 cm³/mol. The van der Waals surface area contributed by atoms with E-state index in [0.29, 0.717) is 12.0 Å². The Labute approximate surface area is 198 Å². The Balaban J connectivity index is 1.99. The normalized spacial score (nSPS) is 29.8. The number of rotatable bonds is 3. The quantitative estimate of drug-likeness (QED) is 0.330. The maximum atomic E-state index is 13.7.